The van der Waals surface area contributed by atoms with Crippen LogP contribution in [-0.2, 0) is 41.2 Å². The summed E-state index contributed by atoms with van der Waals surface area (Å²) in [7, 11) is 3.60. The zero-order chi connectivity index (χ0) is 42.8. The van der Waals surface area contributed by atoms with Crippen LogP contribution in [0, 0.1) is 11.3 Å². The van der Waals surface area contributed by atoms with Gasteiger partial charge in [0.25, 0.3) is 11.8 Å². The Balaban J connectivity index is 1.87. The van der Waals surface area contributed by atoms with E-state index in [1.54, 1.807) is 24.2 Å². The topological polar surface area (TPSA) is 195 Å². The van der Waals surface area contributed by atoms with Crippen molar-refractivity contribution in [2.75, 3.05) is 20.1 Å². The number of likely N-dealkylation sites (N-methyl/N-ethyl adjacent to an activating group) is 1. The number of nitrogens with two attached hydrogens (primary N) is 1. The number of quaternary nitrogens is 1. The van der Waals surface area contributed by atoms with E-state index < -0.39 is 47.1 Å². The van der Waals surface area contributed by atoms with Crippen molar-refractivity contribution in [1.29, 1.82) is 0 Å². The normalized spacial score (nSPS) is 15.9. The first-order valence-corrected chi connectivity index (χ1v) is 19.9. The van der Waals surface area contributed by atoms with E-state index in [0.29, 0.717) is 37.8 Å². The van der Waals surface area contributed by atoms with Crippen LogP contribution in [0.2, 0.25) is 0 Å². The van der Waals surface area contributed by atoms with Crippen LogP contribution in [0.25, 0.3) is 10.9 Å². The molecular weight excluding hydrogens is 729 g/mol. The molecule has 1 aromatic heterocycles. The largest absolute Gasteiger partial charge is 0.481 e. The molecule has 0 spiro atoms. The molecule has 1 aromatic carbocycles. The number of aliphatic carboxylic acids is 1. The number of carbonyl (C=O) groups is 6. The number of aliphatic hydroxyl groups excluding tert-OH is 1. The first kappa shape index (κ1) is 46.6. The number of hydrogen-bond acceptors (Lipinski definition) is 7. The second kappa shape index (κ2) is 20.0. The van der Waals surface area contributed by atoms with Gasteiger partial charge < -0.3 is 35.6 Å². The number of rotatable bonds is 21. The van der Waals surface area contributed by atoms with E-state index in [4.69, 9.17) is 5.11 Å². The second-order valence-electron chi connectivity index (χ2n) is 17.2. The summed E-state index contributed by atoms with van der Waals surface area (Å²) in [6.07, 6.45) is 7.51. The summed E-state index contributed by atoms with van der Waals surface area (Å²) in [5, 5.41) is 28.4. The Morgan fingerprint density at radius 2 is 1.54 bits per heavy atom. The molecule has 0 saturated heterocycles. The lowest BCUT2D eigenvalue weighted by atomic mass is 9.76. The van der Waals surface area contributed by atoms with Gasteiger partial charge in [0.15, 0.2) is 0 Å². The number of aryl methyl sites for hydroxylation is 1. The first-order chi connectivity index (χ1) is 26.6. The molecule has 14 heteroatoms. The maximum atomic E-state index is 14.7. The molecule has 0 bridgehead atoms. The van der Waals surface area contributed by atoms with Gasteiger partial charge in [0.1, 0.15) is 12.1 Å². The summed E-state index contributed by atoms with van der Waals surface area (Å²) >= 11 is 0. The SMILES string of the molecule is CC(=CC(C(C)C)N(C)C(=O)C(NC(=O)C(NC(=O)CCCCCN1C(=O)C=CC1=O)C(C)(C)c1cn(C)c2ccccc12)C(C)(C)C)C(O)[NH2+]CCCC(=O)O. The number of unbranched alkanes of at least 4 members (excludes halogenated alkanes) is 2. The predicted octanol–water partition coefficient (Wildman–Crippen LogP) is 3.13. The Labute approximate surface area is 337 Å². The number of nitrogens with zero attached hydrogens (tertiary/aromatic N) is 3. The molecule has 57 heavy (non-hydrogen) atoms. The number of aliphatic hydroxyl groups is 1. The van der Waals surface area contributed by atoms with Crippen LogP contribution in [0.5, 0.6) is 0 Å². The van der Waals surface area contributed by atoms with Crippen molar-refractivity contribution in [3.05, 3.63) is 59.8 Å². The Hall–Kier alpha value is -4.82. The molecule has 14 nitrogen and oxygen atoms in total. The maximum absolute atomic E-state index is 14.7. The van der Waals surface area contributed by atoms with Crippen LogP contribution in [-0.4, -0.2) is 105 Å². The van der Waals surface area contributed by atoms with Crippen molar-refractivity contribution in [3.8, 4) is 0 Å². The first-order valence-electron chi connectivity index (χ1n) is 19.9. The van der Waals surface area contributed by atoms with Gasteiger partial charge in [-0.1, -0.05) is 79.2 Å². The number of imide groups is 1. The molecule has 2 aromatic rings. The Bertz CT molecular complexity index is 1820. The van der Waals surface area contributed by atoms with E-state index >= 15 is 0 Å². The number of amides is 5. The quantitative estimate of drug-likeness (QED) is 0.0551. The molecule has 1 aliphatic rings. The van der Waals surface area contributed by atoms with Gasteiger partial charge in [0.2, 0.25) is 23.9 Å². The van der Waals surface area contributed by atoms with E-state index in [1.807, 2.05) is 96.6 Å². The average Bonchev–Trinajstić information content (AvgIpc) is 3.65. The number of para-hydroxylation sites is 1. The van der Waals surface area contributed by atoms with Gasteiger partial charge in [-0.05, 0) is 42.7 Å². The molecule has 3 rings (SSSR count). The summed E-state index contributed by atoms with van der Waals surface area (Å²) in [5.74, 6) is -2.83. The van der Waals surface area contributed by atoms with Crippen molar-refractivity contribution in [2.24, 2.45) is 18.4 Å². The molecule has 4 unspecified atom stereocenters. The zero-order valence-corrected chi connectivity index (χ0v) is 35.4. The Kier molecular flexibility index (Phi) is 16.4. The zero-order valence-electron chi connectivity index (χ0n) is 35.4. The number of aromatic nitrogens is 1. The highest BCUT2D eigenvalue weighted by Gasteiger charge is 2.44. The fourth-order valence-corrected chi connectivity index (χ4v) is 7.26. The summed E-state index contributed by atoms with van der Waals surface area (Å²) < 4.78 is 1.98. The molecule has 1 aliphatic heterocycles. The van der Waals surface area contributed by atoms with Gasteiger partial charge in [-0.25, -0.2) is 0 Å². The van der Waals surface area contributed by atoms with Crippen molar-refractivity contribution < 1.29 is 44.3 Å². The van der Waals surface area contributed by atoms with Crippen molar-refractivity contribution in [2.45, 2.75) is 124 Å². The number of nitrogens with one attached hydrogen (secondary N) is 2. The van der Waals surface area contributed by atoms with Crippen LogP contribution in [0.4, 0.5) is 0 Å². The second-order valence-corrected chi connectivity index (χ2v) is 17.2. The van der Waals surface area contributed by atoms with Gasteiger partial charge in [-0.2, -0.15) is 0 Å². The number of hydrogen-bond donors (Lipinski definition) is 5. The van der Waals surface area contributed by atoms with Crippen molar-refractivity contribution >= 4 is 46.4 Å². The summed E-state index contributed by atoms with van der Waals surface area (Å²) in [5.41, 5.74) is 0.745. The smallest absolute Gasteiger partial charge is 0.303 e. The van der Waals surface area contributed by atoms with E-state index in [9.17, 15) is 33.9 Å². The number of benzene rings is 1. The molecule has 0 fully saturated rings. The monoisotopic (exact) mass is 793 g/mol. The third-order valence-electron chi connectivity index (χ3n) is 10.8. The highest BCUT2D eigenvalue weighted by molar-refractivity contribution is 6.12. The lowest BCUT2D eigenvalue weighted by Crippen LogP contribution is -2.90. The highest BCUT2D eigenvalue weighted by Crippen LogP contribution is 2.35. The molecular formula is C43H65N6O8+. The standard InChI is InChI=1S/C43H64N6O8/c1-27(2)32(25-28(3)39(55)44-23-16-20-36(53)54)48(10)41(57)38(42(4,5)6)46-40(56)37(43(7,8)30-26-47(9)31-18-14-13-17-29(30)31)45-33(50)19-12-11-15-24-49-34(51)21-22-35(49)52/h13-14,17-18,21-22,25-27,32,37-39,44,55H,11-12,15-16,19-20,23-24H2,1-10H3,(H,45,50)(H,46,56)(H,53,54)/p+1. The predicted molar refractivity (Wildman–Crippen MR) is 218 cm³/mol. The maximum Gasteiger partial charge on any atom is 0.303 e. The van der Waals surface area contributed by atoms with Gasteiger partial charge in [0, 0.05) is 73.7 Å². The summed E-state index contributed by atoms with van der Waals surface area (Å²) in [6.45, 7) is 15.8. The van der Waals surface area contributed by atoms with E-state index in [0.717, 1.165) is 16.5 Å². The van der Waals surface area contributed by atoms with Crippen molar-refractivity contribution in [1.82, 2.24) is 25.0 Å². The fourth-order valence-electron chi connectivity index (χ4n) is 7.26. The van der Waals surface area contributed by atoms with Crippen LogP contribution in [0.1, 0.15) is 99.5 Å². The molecule has 0 radical (unpaired) electrons. The van der Waals surface area contributed by atoms with Crippen LogP contribution < -0.4 is 16.0 Å². The minimum absolute atomic E-state index is 0.00668. The number of carbonyl (C=O) groups excluding carboxylic acids is 5. The number of fused-ring (bicyclic) bond motifs is 1. The molecule has 6 N–H and O–H groups in total. The molecule has 4 atom stereocenters. The van der Waals surface area contributed by atoms with E-state index in [2.05, 4.69) is 10.6 Å². The van der Waals surface area contributed by atoms with Crippen LogP contribution >= 0.6 is 0 Å². The highest BCUT2D eigenvalue weighted by atomic mass is 16.4. The van der Waals surface area contributed by atoms with Gasteiger partial charge in [-0.3, -0.25) is 33.7 Å². The molecule has 0 saturated carbocycles. The lowest BCUT2D eigenvalue weighted by molar-refractivity contribution is -0.715. The fraction of sp³-hybridized carbons (Fsp3) is 0.581. The van der Waals surface area contributed by atoms with Crippen LogP contribution in [0.3, 0.4) is 0 Å². The van der Waals surface area contributed by atoms with Gasteiger partial charge >= 0.3 is 5.97 Å². The molecule has 314 valence electrons. The molecule has 5 amide bonds. The number of carboxylic acid groups (broad SMARTS) is 1. The van der Waals surface area contributed by atoms with Crippen LogP contribution in [0.15, 0.2) is 54.3 Å². The average molecular weight is 794 g/mol. The van der Waals surface area contributed by atoms with E-state index in [1.165, 1.54) is 17.1 Å². The summed E-state index contributed by atoms with van der Waals surface area (Å²) in [6, 6.07) is 5.32. The lowest BCUT2D eigenvalue weighted by Gasteiger charge is -2.40. The van der Waals surface area contributed by atoms with Gasteiger partial charge in [0.05, 0.1) is 19.0 Å². The minimum atomic E-state index is -1.08. The van der Waals surface area contributed by atoms with Gasteiger partial charge in [-0.15, -0.1) is 0 Å². The Morgan fingerprint density at radius 1 is 0.912 bits per heavy atom. The third-order valence-corrected chi connectivity index (χ3v) is 10.8. The summed E-state index contributed by atoms with van der Waals surface area (Å²) in [4.78, 5) is 80.3. The Morgan fingerprint density at radius 3 is 2.14 bits per heavy atom. The molecule has 0 aliphatic carbocycles. The minimum Gasteiger partial charge on any atom is -0.481 e. The third kappa shape index (κ3) is 12.3. The molecule has 2 heterocycles. The van der Waals surface area contributed by atoms with Crippen molar-refractivity contribution in [3.63, 3.8) is 0 Å². The van der Waals surface area contributed by atoms with E-state index in [-0.39, 0.29) is 48.9 Å². The number of carboxylic acids is 1.